The Hall–Kier alpha value is -2.00. The molecule has 1 atom stereocenters. The average molecular weight is 416 g/mol. The van der Waals surface area contributed by atoms with Gasteiger partial charge in [0.2, 0.25) is 0 Å². The molecule has 0 fully saturated rings. The quantitative estimate of drug-likeness (QED) is 0.589. The molecule has 28 heavy (non-hydrogen) atoms. The lowest BCUT2D eigenvalue weighted by atomic mass is 9.81. The van der Waals surface area contributed by atoms with Crippen molar-refractivity contribution in [2.45, 2.75) is 18.2 Å². The molecule has 2 nitrogen and oxygen atoms in total. The number of hydrogen-bond donors (Lipinski definition) is 1. The van der Waals surface area contributed by atoms with E-state index in [-0.39, 0.29) is 18.2 Å². The fourth-order valence-electron chi connectivity index (χ4n) is 3.70. The summed E-state index contributed by atoms with van der Waals surface area (Å²) in [5.41, 5.74) is 5.61. The third-order valence-corrected chi connectivity index (χ3v) is 5.25. The third-order valence-electron chi connectivity index (χ3n) is 4.78. The third kappa shape index (κ3) is 5.08. The lowest BCUT2D eigenvalue weighted by Crippen LogP contribution is -2.25. The largest absolute Gasteiger partial charge is 0.508 e. The molecular formula is C24H27Cl2NO. The summed E-state index contributed by atoms with van der Waals surface area (Å²) in [6.07, 6.45) is 7.10. The summed E-state index contributed by atoms with van der Waals surface area (Å²) in [7, 11) is 4.10. The number of alkyl halides is 1. The Morgan fingerprint density at radius 3 is 2.39 bits per heavy atom. The van der Waals surface area contributed by atoms with E-state index in [2.05, 4.69) is 56.3 Å². The minimum absolute atomic E-state index is 0. The highest BCUT2D eigenvalue weighted by Crippen LogP contribution is 2.44. The molecular weight excluding hydrogens is 389 g/mol. The molecule has 0 aliphatic heterocycles. The van der Waals surface area contributed by atoms with Crippen LogP contribution >= 0.6 is 24.0 Å². The van der Waals surface area contributed by atoms with E-state index in [9.17, 15) is 5.11 Å². The van der Waals surface area contributed by atoms with E-state index in [0.29, 0.717) is 6.42 Å². The van der Waals surface area contributed by atoms with Gasteiger partial charge in [-0.25, -0.2) is 0 Å². The standard InChI is InChI=1S/C24H26ClNO.ClH/c1-18(17-26(2)3)23(21-10-7-11-22(27)16-21)24(25)14-12-20(13-15-24)19-8-5-4-6-9-19;/h4-14,16,27H,15,17H2,1-3H3;1H/b23-18-;. The van der Waals surface area contributed by atoms with Gasteiger partial charge < -0.3 is 10.0 Å². The number of aromatic hydroxyl groups is 1. The number of phenols is 1. The van der Waals surface area contributed by atoms with Gasteiger partial charge in [0.05, 0.1) is 4.87 Å². The van der Waals surface area contributed by atoms with Crippen molar-refractivity contribution < 1.29 is 5.11 Å². The van der Waals surface area contributed by atoms with Gasteiger partial charge in [0.1, 0.15) is 5.75 Å². The molecule has 0 aromatic heterocycles. The summed E-state index contributed by atoms with van der Waals surface area (Å²) < 4.78 is 0. The first-order valence-electron chi connectivity index (χ1n) is 9.17. The molecule has 0 heterocycles. The lowest BCUT2D eigenvalue weighted by Gasteiger charge is -2.32. The molecule has 2 aromatic rings. The van der Waals surface area contributed by atoms with Crippen LogP contribution in [-0.2, 0) is 0 Å². The first-order chi connectivity index (χ1) is 12.9. The van der Waals surface area contributed by atoms with Gasteiger partial charge in [-0.2, -0.15) is 0 Å². The number of halogens is 2. The van der Waals surface area contributed by atoms with Crippen LogP contribution in [0.2, 0.25) is 0 Å². The molecule has 3 rings (SSSR count). The summed E-state index contributed by atoms with van der Waals surface area (Å²) in [6.45, 7) is 2.93. The summed E-state index contributed by atoms with van der Waals surface area (Å²) in [5.74, 6) is 0.253. The second kappa shape index (κ2) is 9.47. The monoisotopic (exact) mass is 415 g/mol. The van der Waals surface area contributed by atoms with Crippen molar-refractivity contribution in [3.05, 3.63) is 89.5 Å². The van der Waals surface area contributed by atoms with Crippen LogP contribution in [0, 0.1) is 0 Å². The van der Waals surface area contributed by atoms with E-state index < -0.39 is 4.87 Å². The smallest absolute Gasteiger partial charge is 0.116 e. The Balaban J connectivity index is 0.00000280. The first-order valence-corrected chi connectivity index (χ1v) is 9.55. The second-order valence-corrected chi connectivity index (χ2v) is 8.04. The molecule has 1 unspecified atom stereocenters. The maximum atomic E-state index is 9.99. The zero-order valence-corrected chi connectivity index (χ0v) is 18.1. The molecule has 1 aliphatic carbocycles. The van der Waals surface area contributed by atoms with Crippen LogP contribution in [0.1, 0.15) is 24.5 Å². The maximum absolute atomic E-state index is 9.99. The SMILES string of the molecule is C/C(CN(C)C)=C(\c1cccc(O)c1)C1(Cl)C=CC(c2ccccc2)=CC1.Cl. The number of rotatable bonds is 5. The Morgan fingerprint density at radius 2 is 1.82 bits per heavy atom. The van der Waals surface area contributed by atoms with Crippen molar-refractivity contribution in [1.82, 2.24) is 4.90 Å². The molecule has 1 aliphatic rings. The fourth-order valence-corrected chi connectivity index (χ4v) is 4.11. The van der Waals surface area contributed by atoms with Crippen LogP contribution in [0.4, 0.5) is 0 Å². The van der Waals surface area contributed by atoms with E-state index in [0.717, 1.165) is 17.7 Å². The van der Waals surface area contributed by atoms with E-state index in [4.69, 9.17) is 11.6 Å². The highest BCUT2D eigenvalue weighted by molar-refractivity contribution is 6.32. The van der Waals surface area contributed by atoms with E-state index in [1.54, 1.807) is 12.1 Å². The predicted molar refractivity (Wildman–Crippen MR) is 123 cm³/mol. The Labute approximate surface area is 179 Å². The number of likely N-dealkylation sites (N-methyl/N-ethyl adjacent to an activating group) is 1. The molecule has 0 saturated heterocycles. The molecule has 1 N–H and O–H groups in total. The second-order valence-electron chi connectivity index (χ2n) is 7.37. The van der Waals surface area contributed by atoms with Gasteiger partial charge in [0.25, 0.3) is 0 Å². The minimum atomic E-state index is -0.633. The molecule has 0 spiro atoms. The van der Waals surface area contributed by atoms with E-state index in [1.165, 1.54) is 16.7 Å². The summed E-state index contributed by atoms with van der Waals surface area (Å²) >= 11 is 7.17. The van der Waals surface area contributed by atoms with Crippen LogP contribution < -0.4 is 0 Å². The maximum Gasteiger partial charge on any atom is 0.116 e. The molecule has 2 aromatic carbocycles. The normalized spacial score (nSPS) is 19.7. The Kier molecular flexibility index (Phi) is 7.54. The number of phenolic OH excluding ortho intramolecular Hbond substituents is 1. The molecule has 0 saturated carbocycles. The van der Waals surface area contributed by atoms with Gasteiger partial charge in [-0.15, -0.1) is 24.0 Å². The molecule has 0 bridgehead atoms. The van der Waals surface area contributed by atoms with Crippen molar-refractivity contribution in [3.8, 4) is 5.75 Å². The van der Waals surface area contributed by atoms with Gasteiger partial charge >= 0.3 is 0 Å². The summed E-state index contributed by atoms with van der Waals surface area (Å²) in [5, 5.41) is 9.99. The number of allylic oxidation sites excluding steroid dienone is 5. The Bertz CT molecular complexity index is 900. The number of nitrogens with zero attached hydrogens (tertiary/aromatic N) is 1. The first kappa shape index (κ1) is 22.3. The van der Waals surface area contributed by atoms with Crippen molar-refractivity contribution in [1.29, 1.82) is 0 Å². The molecule has 4 heteroatoms. The van der Waals surface area contributed by atoms with E-state index in [1.807, 2.05) is 30.3 Å². The molecule has 0 amide bonds. The molecule has 0 radical (unpaired) electrons. The highest BCUT2D eigenvalue weighted by atomic mass is 35.5. The zero-order chi connectivity index (χ0) is 19.4. The Morgan fingerprint density at radius 1 is 1.11 bits per heavy atom. The van der Waals surface area contributed by atoms with Crippen molar-refractivity contribution in [3.63, 3.8) is 0 Å². The highest BCUT2D eigenvalue weighted by Gasteiger charge is 2.33. The number of benzene rings is 2. The van der Waals surface area contributed by atoms with Crippen molar-refractivity contribution >= 4 is 35.2 Å². The van der Waals surface area contributed by atoms with Crippen LogP contribution in [0.25, 0.3) is 11.1 Å². The fraction of sp³-hybridized carbons (Fsp3) is 0.250. The van der Waals surface area contributed by atoms with Crippen LogP contribution in [0.15, 0.2) is 78.4 Å². The van der Waals surface area contributed by atoms with Crippen LogP contribution in [0.5, 0.6) is 5.75 Å². The predicted octanol–water partition coefficient (Wildman–Crippen LogP) is 6.17. The minimum Gasteiger partial charge on any atom is -0.508 e. The van der Waals surface area contributed by atoms with Crippen molar-refractivity contribution in [2.75, 3.05) is 20.6 Å². The van der Waals surface area contributed by atoms with Crippen LogP contribution in [-0.4, -0.2) is 35.5 Å². The van der Waals surface area contributed by atoms with Gasteiger partial charge in [-0.05, 0) is 61.8 Å². The van der Waals surface area contributed by atoms with Crippen LogP contribution in [0.3, 0.4) is 0 Å². The van der Waals surface area contributed by atoms with Gasteiger partial charge in [0, 0.05) is 6.54 Å². The van der Waals surface area contributed by atoms with Gasteiger partial charge in [-0.1, -0.05) is 66.3 Å². The lowest BCUT2D eigenvalue weighted by molar-refractivity contribution is 0.445. The topological polar surface area (TPSA) is 23.5 Å². The zero-order valence-electron chi connectivity index (χ0n) is 16.5. The van der Waals surface area contributed by atoms with Gasteiger partial charge in [-0.3, -0.25) is 0 Å². The summed E-state index contributed by atoms with van der Waals surface area (Å²) in [6, 6.07) is 17.7. The summed E-state index contributed by atoms with van der Waals surface area (Å²) in [4.78, 5) is 1.50. The average Bonchev–Trinajstić information content (AvgIpc) is 2.62. The van der Waals surface area contributed by atoms with Crippen molar-refractivity contribution in [2.24, 2.45) is 0 Å². The number of hydrogen-bond acceptors (Lipinski definition) is 2. The molecule has 148 valence electrons. The van der Waals surface area contributed by atoms with E-state index >= 15 is 0 Å². The van der Waals surface area contributed by atoms with Gasteiger partial charge in [0.15, 0.2) is 0 Å².